The molecule has 0 saturated heterocycles. The molecule has 0 radical (unpaired) electrons. The number of halogens is 1. The van der Waals surface area contributed by atoms with Crippen molar-refractivity contribution < 1.29 is 10.0 Å². The molecule has 0 amide bonds. The lowest BCUT2D eigenvalue weighted by molar-refractivity contribution is -0.384. The quantitative estimate of drug-likeness (QED) is 0.469. The monoisotopic (exact) mass is 272 g/mol. The van der Waals surface area contributed by atoms with Gasteiger partial charge in [-0.15, -0.1) is 11.6 Å². The van der Waals surface area contributed by atoms with E-state index in [-0.39, 0.29) is 17.7 Å². The van der Waals surface area contributed by atoms with Crippen LogP contribution in [0.25, 0.3) is 0 Å². The Kier molecular flexibility index (Phi) is 6.04. The van der Waals surface area contributed by atoms with Crippen LogP contribution in [-0.4, -0.2) is 41.2 Å². The van der Waals surface area contributed by atoms with Crippen molar-refractivity contribution in [2.45, 2.75) is 12.3 Å². The Bertz CT molecular complexity index is 383. The number of nitro groups is 1. The van der Waals surface area contributed by atoms with Crippen LogP contribution in [-0.2, 0) is 0 Å². The second-order valence-electron chi connectivity index (χ2n) is 3.93. The first-order valence-electron chi connectivity index (χ1n) is 5.80. The molecule has 1 unspecified atom stereocenters. The van der Waals surface area contributed by atoms with Crippen molar-refractivity contribution in [3.05, 3.63) is 39.9 Å². The van der Waals surface area contributed by atoms with Gasteiger partial charge in [0.15, 0.2) is 0 Å². The van der Waals surface area contributed by atoms with Gasteiger partial charge >= 0.3 is 0 Å². The highest BCUT2D eigenvalue weighted by Gasteiger charge is 2.13. The highest BCUT2D eigenvalue weighted by molar-refractivity contribution is 6.21. The molecule has 5 nitrogen and oxygen atoms in total. The minimum Gasteiger partial charge on any atom is -0.395 e. The summed E-state index contributed by atoms with van der Waals surface area (Å²) in [6.45, 7) is 4.08. The van der Waals surface area contributed by atoms with Crippen molar-refractivity contribution in [1.29, 1.82) is 0 Å². The number of alkyl halides is 1. The maximum atomic E-state index is 10.5. The Labute approximate surface area is 111 Å². The highest BCUT2D eigenvalue weighted by atomic mass is 35.5. The van der Waals surface area contributed by atoms with Crippen LogP contribution < -0.4 is 0 Å². The van der Waals surface area contributed by atoms with E-state index in [2.05, 4.69) is 0 Å². The summed E-state index contributed by atoms with van der Waals surface area (Å²) >= 11 is 6.25. The molecule has 0 aliphatic rings. The largest absolute Gasteiger partial charge is 0.395 e. The van der Waals surface area contributed by atoms with Gasteiger partial charge in [0.25, 0.3) is 5.69 Å². The van der Waals surface area contributed by atoms with E-state index in [9.17, 15) is 10.1 Å². The van der Waals surface area contributed by atoms with Gasteiger partial charge < -0.3 is 5.11 Å². The smallest absolute Gasteiger partial charge is 0.269 e. The Morgan fingerprint density at radius 3 is 2.50 bits per heavy atom. The van der Waals surface area contributed by atoms with E-state index in [1.165, 1.54) is 12.1 Å². The van der Waals surface area contributed by atoms with E-state index < -0.39 is 4.92 Å². The number of hydrogen-bond acceptors (Lipinski definition) is 4. The lowest BCUT2D eigenvalue weighted by Gasteiger charge is -2.22. The summed E-state index contributed by atoms with van der Waals surface area (Å²) in [6, 6.07) is 6.24. The molecular weight excluding hydrogens is 256 g/mol. The van der Waals surface area contributed by atoms with Gasteiger partial charge in [0.2, 0.25) is 0 Å². The van der Waals surface area contributed by atoms with Crippen molar-refractivity contribution in [2.75, 3.05) is 26.2 Å². The third-order valence-corrected chi connectivity index (χ3v) is 3.14. The van der Waals surface area contributed by atoms with Crippen LogP contribution in [0.2, 0.25) is 0 Å². The molecule has 0 aliphatic heterocycles. The number of benzene rings is 1. The number of rotatable bonds is 7. The molecule has 1 atom stereocenters. The lowest BCUT2D eigenvalue weighted by atomic mass is 10.1. The number of nitro benzene ring substituents is 1. The van der Waals surface area contributed by atoms with Gasteiger partial charge in [0, 0.05) is 25.2 Å². The molecule has 0 aliphatic carbocycles. The van der Waals surface area contributed by atoms with Crippen LogP contribution in [0.1, 0.15) is 17.9 Å². The maximum Gasteiger partial charge on any atom is 0.269 e. The van der Waals surface area contributed by atoms with Crippen LogP contribution in [0.4, 0.5) is 5.69 Å². The summed E-state index contributed by atoms with van der Waals surface area (Å²) in [7, 11) is 0. The van der Waals surface area contributed by atoms with Crippen molar-refractivity contribution >= 4 is 17.3 Å². The second-order valence-corrected chi connectivity index (χ2v) is 4.46. The second kappa shape index (κ2) is 7.31. The normalized spacial score (nSPS) is 12.7. The van der Waals surface area contributed by atoms with E-state index in [0.29, 0.717) is 13.1 Å². The fraction of sp³-hybridized carbons (Fsp3) is 0.500. The molecule has 0 heterocycles. The number of nitrogens with zero attached hydrogens (tertiary/aromatic N) is 2. The SMILES string of the molecule is CCN(CCO)CC(Cl)c1ccc([N+](=O)[O-])cc1. The van der Waals surface area contributed by atoms with Crippen LogP contribution in [0.15, 0.2) is 24.3 Å². The summed E-state index contributed by atoms with van der Waals surface area (Å²) in [5.41, 5.74) is 0.906. The number of likely N-dealkylation sites (N-methyl/N-ethyl adjacent to an activating group) is 1. The number of non-ortho nitro benzene ring substituents is 1. The summed E-state index contributed by atoms with van der Waals surface area (Å²) in [5, 5.41) is 19.2. The van der Waals surface area contributed by atoms with E-state index in [1.807, 2.05) is 11.8 Å². The Balaban J connectivity index is 2.65. The lowest BCUT2D eigenvalue weighted by Crippen LogP contribution is -2.29. The number of aliphatic hydroxyl groups is 1. The van der Waals surface area contributed by atoms with E-state index >= 15 is 0 Å². The first kappa shape index (κ1) is 14.9. The molecule has 1 aromatic rings. The summed E-state index contributed by atoms with van der Waals surface area (Å²) in [6.07, 6.45) is 0. The molecular formula is C12H17ClN2O3. The molecule has 0 bridgehead atoms. The van der Waals surface area contributed by atoms with Gasteiger partial charge in [-0.1, -0.05) is 19.1 Å². The van der Waals surface area contributed by atoms with Crippen LogP contribution in [0.5, 0.6) is 0 Å². The highest BCUT2D eigenvalue weighted by Crippen LogP contribution is 2.23. The number of aliphatic hydroxyl groups excluding tert-OH is 1. The minimum atomic E-state index is -0.433. The van der Waals surface area contributed by atoms with Gasteiger partial charge in [-0.2, -0.15) is 0 Å². The molecule has 0 fully saturated rings. The zero-order valence-corrected chi connectivity index (χ0v) is 11.0. The molecule has 1 aromatic carbocycles. The molecule has 100 valence electrons. The molecule has 0 aromatic heterocycles. The Morgan fingerprint density at radius 2 is 2.06 bits per heavy atom. The zero-order valence-electron chi connectivity index (χ0n) is 10.3. The summed E-state index contributed by atoms with van der Waals surface area (Å²) in [4.78, 5) is 12.1. The maximum absolute atomic E-state index is 10.5. The predicted molar refractivity (Wildman–Crippen MR) is 70.9 cm³/mol. The van der Waals surface area contributed by atoms with Crippen molar-refractivity contribution in [1.82, 2.24) is 4.90 Å². The fourth-order valence-corrected chi connectivity index (χ4v) is 2.00. The molecule has 18 heavy (non-hydrogen) atoms. The van der Waals surface area contributed by atoms with Crippen LogP contribution >= 0.6 is 11.6 Å². The fourth-order valence-electron chi connectivity index (χ4n) is 1.66. The molecule has 1 N–H and O–H groups in total. The standard InChI is InChI=1S/C12H17ClN2O3/c1-2-14(7-8-16)9-12(13)10-3-5-11(6-4-10)15(17)18/h3-6,12,16H,2,7-9H2,1H3. The summed E-state index contributed by atoms with van der Waals surface area (Å²) < 4.78 is 0. The third kappa shape index (κ3) is 4.25. The Hall–Kier alpha value is -1.17. The number of hydrogen-bond donors (Lipinski definition) is 1. The van der Waals surface area contributed by atoms with Crippen LogP contribution in [0, 0.1) is 10.1 Å². The van der Waals surface area contributed by atoms with E-state index in [0.717, 1.165) is 12.1 Å². The molecule has 1 rings (SSSR count). The van der Waals surface area contributed by atoms with Gasteiger partial charge in [0.05, 0.1) is 16.9 Å². The van der Waals surface area contributed by atoms with Crippen molar-refractivity contribution in [3.63, 3.8) is 0 Å². The molecule has 0 spiro atoms. The van der Waals surface area contributed by atoms with Crippen molar-refractivity contribution in [3.8, 4) is 0 Å². The van der Waals surface area contributed by atoms with Crippen LogP contribution in [0.3, 0.4) is 0 Å². The first-order valence-corrected chi connectivity index (χ1v) is 6.23. The minimum absolute atomic E-state index is 0.0605. The third-order valence-electron chi connectivity index (χ3n) is 2.75. The topological polar surface area (TPSA) is 66.6 Å². The van der Waals surface area contributed by atoms with Gasteiger partial charge in [-0.25, -0.2) is 0 Å². The average molecular weight is 273 g/mol. The van der Waals surface area contributed by atoms with E-state index in [1.54, 1.807) is 12.1 Å². The predicted octanol–water partition coefficient (Wildman–Crippen LogP) is 2.19. The Morgan fingerprint density at radius 1 is 1.44 bits per heavy atom. The summed E-state index contributed by atoms with van der Waals surface area (Å²) in [5.74, 6) is 0. The van der Waals surface area contributed by atoms with Crippen molar-refractivity contribution in [2.24, 2.45) is 0 Å². The van der Waals surface area contributed by atoms with E-state index in [4.69, 9.17) is 16.7 Å². The molecule has 0 saturated carbocycles. The van der Waals surface area contributed by atoms with Gasteiger partial charge in [-0.3, -0.25) is 15.0 Å². The van der Waals surface area contributed by atoms with Gasteiger partial charge in [-0.05, 0) is 12.1 Å². The molecule has 6 heteroatoms. The van der Waals surface area contributed by atoms with Gasteiger partial charge in [0.1, 0.15) is 0 Å². The first-order chi connectivity index (χ1) is 8.58. The zero-order chi connectivity index (χ0) is 13.5. The average Bonchev–Trinajstić information content (AvgIpc) is 2.38.